The van der Waals surface area contributed by atoms with Gasteiger partial charge in [0.15, 0.2) is 10.3 Å². The third kappa shape index (κ3) is 6.98. The van der Waals surface area contributed by atoms with Crippen molar-refractivity contribution in [2.24, 2.45) is 12.0 Å². The number of amides is 2. The number of carboxylic acids is 1. The highest BCUT2D eigenvalue weighted by molar-refractivity contribution is 8.14. The molecule has 37 heavy (non-hydrogen) atoms. The van der Waals surface area contributed by atoms with Crippen LogP contribution in [-0.2, 0) is 21.4 Å². The third-order valence-corrected chi connectivity index (χ3v) is 8.38. The van der Waals surface area contributed by atoms with E-state index in [1.165, 1.54) is 40.2 Å². The van der Waals surface area contributed by atoms with Gasteiger partial charge < -0.3 is 15.7 Å². The van der Waals surface area contributed by atoms with Gasteiger partial charge in [0.05, 0.1) is 5.75 Å². The van der Waals surface area contributed by atoms with Crippen LogP contribution in [0.3, 0.4) is 0 Å². The molecular weight excluding hydrogens is 542 g/mol. The highest BCUT2D eigenvalue weighted by Crippen LogP contribution is 2.41. The number of carbonyl (C=O) groups excluding carboxylic acids is 2. The van der Waals surface area contributed by atoms with Crippen molar-refractivity contribution < 1.29 is 19.5 Å². The number of aromatic amines is 1. The number of thioether (sulfide) groups is 3. The summed E-state index contributed by atoms with van der Waals surface area (Å²) in [5.74, 6) is -1.59. The second-order valence-corrected chi connectivity index (χ2v) is 11.8. The van der Waals surface area contributed by atoms with Crippen molar-refractivity contribution in [3.05, 3.63) is 32.0 Å². The first-order valence-corrected chi connectivity index (χ1v) is 14.4. The summed E-state index contributed by atoms with van der Waals surface area (Å²) in [5.41, 5.74) is -1.46. The molecule has 0 aromatic carbocycles. The summed E-state index contributed by atoms with van der Waals surface area (Å²) in [6.07, 6.45) is 0. The van der Waals surface area contributed by atoms with Gasteiger partial charge >= 0.3 is 17.1 Å². The van der Waals surface area contributed by atoms with Gasteiger partial charge in [-0.3, -0.25) is 38.9 Å². The van der Waals surface area contributed by atoms with E-state index in [0.717, 1.165) is 11.8 Å². The van der Waals surface area contributed by atoms with Crippen LogP contribution in [0.5, 0.6) is 0 Å². The first-order chi connectivity index (χ1) is 17.4. The Balaban J connectivity index is 1.66. The van der Waals surface area contributed by atoms with Crippen LogP contribution in [0.2, 0.25) is 0 Å². The second-order valence-electron chi connectivity index (χ2n) is 8.82. The van der Waals surface area contributed by atoms with Crippen molar-refractivity contribution in [2.75, 3.05) is 17.3 Å². The molecule has 3 rings (SSSR count). The van der Waals surface area contributed by atoms with Crippen molar-refractivity contribution in [1.29, 1.82) is 0 Å². The Morgan fingerprint density at radius 2 is 1.97 bits per heavy atom. The van der Waals surface area contributed by atoms with Crippen molar-refractivity contribution in [3.8, 4) is 0 Å². The quantitative estimate of drug-likeness (QED) is 0.101. The number of carbonyl (C=O) groups is 3. The zero-order valence-electron chi connectivity index (χ0n) is 20.9. The highest BCUT2D eigenvalue weighted by Gasteiger charge is 2.54. The maximum absolute atomic E-state index is 12.9. The maximum atomic E-state index is 12.9. The molecule has 0 radical (unpaired) electrons. The fourth-order valence-corrected chi connectivity index (χ4v) is 6.84. The molecule has 2 aliphatic rings. The van der Waals surface area contributed by atoms with Crippen molar-refractivity contribution in [1.82, 2.24) is 30.3 Å². The topological polar surface area (TPSA) is 179 Å². The van der Waals surface area contributed by atoms with E-state index in [4.69, 9.17) is 0 Å². The molecule has 0 aliphatic carbocycles. The number of nitrogens with one attached hydrogen (secondary N) is 3. The summed E-state index contributed by atoms with van der Waals surface area (Å²) >= 11 is 3.67. The van der Waals surface area contributed by atoms with E-state index in [2.05, 4.69) is 25.7 Å². The number of hydrogen-bond donors (Lipinski definition) is 4. The molecule has 2 unspecified atom stereocenters. The van der Waals surface area contributed by atoms with Gasteiger partial charge in [-0.15, -0.1) is 11.8 Å². The summed E-state index contributed by atoms with van der Waals surface area (Å²) in [7, 11) is 1.51. The molecule has 16 heteroatoms. The summed E-state index contributed by atoms with van der Waals surface area (Å²) in [6, 6.07) is -0.630. The fourth-order valence-electron chi connectivity index (χ4n) is 3.48. The van der Waals surface area contributed by atoms with Crippen LogP contribution >= 0.6 is 35.3 Å². The molecule has 1 aromatic heterocycles. The number of aliphatic carboxylic acids is 1. The summed E-state index contributed by atoms with van der Waals surface area (Å²) in [5, 5.41) is 18.4. The Morgan fingerprint density at radius 3 is 2.59 bits per heavy atom. The molecule has 1 aromatic rings. The zero-order chi connectivity index (χ0) is 27.4. The summed E-state index contributed by atoms with van der Waals surface area (Å²) in [6.45, 7) is 7.81. The van der Waals surface area contributed by atoms with Crippen LogP contribution in [0, 0.1) is 0 Å². The average molecular weight is 572 g/mol. The maximum Gasteiger partial charge on any atom is 0.352 e. The largest absolute Gasteiger partial charge is 0.477 e. The first kappa shape index (κ1) is 28.8. The lowest BCUT2D eigenvalue weighted by Crippen LogP contribution is -2.70. The molecule has 0 bridgehead atoms. The number of fused-ring (bicyclic) bond motifs is 1. The molecule has 2 atom stereocenters. The molecule has 13 nitrogen and oxygen atoms in total. The van der Waals surface area contributed by atoms with E-state index in [1.807, 2.05) is 27.7 Å². The molecule has 2 aliphatic heterocycles. The smallest absolute Gasteiger partial charge is 0.352 e. The predicted octanol–water partition coefficient (Wildman–Crippen LogP) is -0.205. The van der Waals surface area contributed by atoms with E-state index in [1.54, 1.807) is 0 Å². The van der Waals surface area contributed by atoms with Gasteiger partial charge in [0, 0.05) is 30.6 Å². The van der Waals surface area contributed by atoms with E-state index >= 15 is 0 Å². The van der Waals surface area contributed by atoms with Gasteiger partial charge in [0.1, 0.15) is 17.1 Å². The predicted molar refractivity (Wildman–Crippen MR) is 144 cm³/mol. The SMILES string of the molecule is CC(C)/N=C(\NC(C)C)SCC(=O)NC1C(=O)N2C(C(=O)O)=C(CSc3nc(=O)c(=O)[nH]n3C)CSC12. The normalized spacial score (nSPS) is 19.7. The number of aromatic nitrogens is 3. The minimum absolute atomic E-state index is 0.0515. The van der Waals surface area contributed by atoms with Crippen LogP contribution in [0.1, 0.15) is 27.7 Å². The van der Waals surface area contributed by atoms with Crippen molar-refractivity contribution in [3.63, 3.8) is 0 Å². The second kappa shape index (κ2) is 12.2. The van der Waals surface area contributed by atoms with Gasteiger partial charge in [0.2, 0.25) is 5.91 Å². The Bertz CT molecular complexity index is 1260. The number of aliphatic imine (C=N–C) groups is 1. The monoisotopic (exact) mass is 571 g/mol. The highest BCUT2D eigenvalue weighted by atomic mass is 32.2. The summed E-state index contributed by atoms with van der Waals surface area (Å²) in [4.78, 5) is 69.9. The summed E-state index contributed by atoms with van der Waals surface area (Å²) < 4.78 is 1.28. The Labute approximate surface area is 225 Å². The van der Waals surface area contributed by atoms with Crippen LogP contribution in [0.25, 0.3) is 0 Å². The zero-order valence-corrected chi connectivity index (χ0v) is 23.4. The van der Waals surface area contributed by atoms with Gasteiger partial charge in [-0.1, -0.05) is 23.5 Å². The van der Waals surface area contributed by atoms with Gasteiger partial charge in [-0.05, 0) is 33.3 Å². The van der Waals surface area contributed by atoms with Gasteiger partial charge in [-0.2, -0.15) is 4.98 Å². The van der Waals surface area contributed by atoms with E-state index in [9.17, 15) is 29.1 Å². The number of nitrogens with zero attached hydrogens (tertiary/aromatic N) is 4. The first-order valence-electron chi connectivity index (χ1n) is 11.4. The van der Waals surface area contributed by atoms with Crippen molar-refractivity contribution >= 4 is 58.2 Å². The number of hydrogen-bond acceptors (Lipinski definition) is 10. The van der Waals surface area contributed by atoms with Gasteiger partial charge in [0.25, 0.3) is 5.91 Å². The van der Waals surface area contributed by atoms with Crippen molar-refractivity contribution in [2.45, 2.75) is 56.4 Å². The third-order valence-electron chi connectivity index (χ3n) is 5.02. The number of aryl methyl sites for hydroxylation is 1. The number of carboxylic acid groups (broad SMARTS) is 1. The molecule has 1 saturated heterocycles. The number of rotatable bonds is 9. The Morgan fingerprint density at radius 1 is 1.27 bits per heavy atom. The molecule has 2 amide bonds. The molecule has 3 heterocycles. The molecule has 0 spiro atoms. The number of amidine groups is 1. The van der Waals surface area contributed by atoms with Crippen LogP contribution < -0.4 is 21.8 Å². The van der Waals surface area contributed by atoms with Gasteiger partial charge in [-0.25, -0.2) is 4.79 Å². The standard InChI is InChI=1S/C21H29N7O6S3/c1-9(2)22-20(23-10(3)4)36-8-12(29)24-13-17(32)28-14(19(33)34)11(6-35-18(13)28)7-37-21-25-15(30)16(31)26-27(21)5/h9-10,13,18H,6-8H2,1-5H3,(H,22,23)(H,24,29)(H,26,31)(H,33,34). The lowest BCUT2D eigenvalue weighted by molar-refractivity contribution is -0.150. The fraction of sp³-hybridized carbons (Fsp3) is 0.571. The minimum atomic E-state index is -1.26. The number of β-lactam (4-membered cyclic amide) rings is 1. The van der Waals surface area contributed by atoms with E-state index < -0.39 is 34.4 Å². The molecule has 1 fully saturated rings. The molecular formula is C21H29N7O6S3. The van der Waals surface area contributed by atoms with Crippen LogP contribution in [0.15, 0.2) is 31.0 Å². The Hall–Kier alpha value is -2.72. The lowest BCUT2D eigenvalue weighted by atomic mass is 10.0. The number of H-pyrrole nitrogens is 1. The molecule has 0 saturated carbocycles. The van der Waals surface area contributed by atoms with E-state index in [-0.39, 0.29) is 40.4 Å². The van der Waals surface area contributed by atoms with Crippen LogP contribution in [0.4, 0.5) is 0 Å². The Kier molecular flexibility index (Phi) is 9.52. The average Bonchev–Trinajstić information content (AvgIpc) is 2.80. The lowest BCUT2D eigenvalue weighted by Gasteiger charge is -2.49. The van der Waals surface area contributed by atoms with Crippen LogP contribution in [-0.4, -0.2) is 88.5 Å². The molecule has 202 valence electrons. The molecule has 4 N–H and O–H groups in total. The van der Waals surface area contributed by atoms with E-state index in [0.29, 0.717) is 16.5 Å². The minimum Gasteiger partial charge on any atom is -0.477 e.